The van der Waals surface area contributed by atoms with Crippen LogP contribution in [0.1, 0.15) is 16.1 Å². The minimum absolute atomic E-state index is 0.0623. The molecule has 1 N–H and O–H groups in total. The van der Waals surface area contributed by atoms with Crippen LogP contribution in [0.2, 0.25) is 0 Å². The monoisotopic (exact) mass is 420 g/mol. The number of benzene rings is 1. The number of carbonyl (C=O) groups excluding carboxylic acids is 2. The van der Waals surface area contributed by atoms with Crippen LogP contribution in [0.5, 0.6) is 5.75 Å². The topological polar surface area (TPSA) is 74.8 Å². The normalized spacial score (nSPS) is 16.2. The second-order valence-electron chi connectivity index (χ2n) is 6.56. The molecule has 10 heteroatoms. The molecule has 0 unspecified atom stereocenters. The number of rotatable bonds is 4. The molecule has 2 heterocycles. The molecule has 0 saturated heterocycles. The SMILES string of the molecule is C=Cc1cnc(C(=O)N[C@H]2COc3ccccc3N(C)C2=O)cc1N(C)C(F)(F)F. The molecule has 3 rings (SSSR count). The minimum Gasteiger partial charge on any atom is -0.489 e. The van der Waals surface area contributed by atoms with Crippen LogP contribution in [0.3, 0.4) is 0 Å². The van der Waals surface area contributed by atoms with Crippen molar-refractivity contribution in [2.24, 2.45) is 0 Å². The Balaban J connectivity index is 1.84. The van der Waals surface area contributed by atoms with Gasteiger partial charge in [0.25, 0.3) is 11.8 Å². The van der Waals surface area contributed by atoms with E-state index >= 15 is 0 Å². The van der Waals surface area contributed by atoms with Gasteiger partial charge < -0.3 is 15.0 Å². The van der Waals surface area contributed by atoms with Crippen LogP contribution in [0.15, 0.2) is 43.1 Å². The number of amides is 2. The Morgan fingerprint density at radius 2 is 2.10 bits per heavy atom. The summed E-state index contributed by atoms with van der Waals surface area (Å²) < 4.78 is 45.0. The second-order valence-corrected chi connectivity index (χ2v) is 6.56. The quantitative estimate of drug-likeness (QED) is 0.770. The average Bonchev–Trinajstić information content (AvgIpc) is 2.84. The Morgan fingerprint density at radius 3 is 2.77 bits per heavy atom. The van der Waals surface area contributed by atoms with Crippen molar-refractivity contribution >= 4 is 29.3 Å². The van der Waals surface area contributed by atoms with E-state index < -0.39 is 24.2 Å². The van der Waals surface area contributed by atoms with Crippen LogP contribution in [0, 0.1) is 0 Å². The van der Waals surface area contributed by atoms with Crippen LogP contribution < -0.4 is 19.9 Å². The molecule has 1 aliphatic rings. The van der Waals surface area contributed by atoms with E-state index in [1.165, 1.54) is 11.0 Å². The maximum atomic E-state index is 13.1. The van der Waals surface area contributed by atoms with Gasteiger partial charge in [0.15, 0.2) is 0 Å². The molecule has 0 radical (unpaired) electrons. The lowest BCUT2D eigenvalue weighted by Gasteiger charge is -2.24. The van der Waals surface area contributed by atoms with E-state index in [1.54, 1.807) is 31.3 Å². The molecule has 0 saturated carbocycles. The van der Waals surface area contributed by atoms with Crippen LogP contribution in [-0.4, -0.2) is 49.8 Å². The lowest BCUT2D eigenvalue weighted by molar-refractivity contribution is -0.125. The summed E-state index contributed by atoms with van der Waals surface area (Å²) in [6.07, 6.45) is -2.33. The fraction of sp³-hybridized carbons (Fsp3) is 0.250. The van der Waals surface area contributed by atoms with Gasteiger partial charge in [-0.2, -0.15) is 13.2 Å². The lowest BCUT2D eigenvalue weighted by Crippen LogP contribution is -2.49. The van der Waals surface area contributed by atoms with Crippen molar-refractivity contribution in [3.63, 3.8) is 0 Å². The highest BCUT2D eigenvalue weighted by Gasteiger charge is 2.36. The van der Waals surface area contributed by atoms with Crippen LogP contribution >= 0.6 is 0 Å². The van der Waals surface area contributed by atoms with Crippen molar-refractivity contribution in [3.05, 3.63) is 54.4 Å². The Kier molecular flexibility index (Phi) is 5.68. The zero-order valence-corrected chi connectivity index (χ0v) is 16.2. The van der Waals surface area contributed by atoms with Gasteiger partial charge in [-0.15, -0.1) is 0 Å². The molecule has 0 spiro atoms. The number of aromatic nitrogens is 1. The number of carbonyl (C=O) groups is 2. The molecule has 2 aromatic rings. The summed E-state index contributed by atoms with van der Waals surface area (Å²) in [5.41, 5.74) is 0.0896. The molecule has 1 atom stereocenters. The average molecular weight is 420 g/mol. The lowest BCUT2D eigenvalue weighted by atomic mass is 10.1. The fourth-order valence-corrected chi connectivity index (χ4v) is 2.95. The molecule has 2 amide bonds. The molecule has 1 aromatic heterocycles. The molecule has 1 aromatic carbocycles. The molecule has 1 aliphatic heterocycles. The van der Waals surface area contributed by atoms with E-state index in [0.29, 0.717) is 11.4 Å². The number of alkyl halides is 3. The number of fused-ring (bicyclic) bond motifs is 1. The molecule has 7 nitrogen and oxygen atoms in total. The molecule has 158 valence electrons. The van der Waals surface area contributed by atoms with Gasteiger partial charge in [0.2, 0.25) is 0 Å². The standard InChI is InChI=1S/C20H19F3N4O3/c1-4-12-10-24-13(9-16(12)27(3)20(21,22)23)18(28)25-14-11-30-17-8-6-5-7-15(17)26(2)19(14)29/h4-10,14H,1,11H2,2-3H3,(H,25,28)/t14-/m0/s1. The van der Waals surface area contributed by atoms with Crippen molar-refractivity contribution in [3.8, 4) is 5.75 Å². The third-order valence-electron chi connectivity index (χ3n) is 4.67. The number of nitrogens with one attached hydrogen (secondary N) is 1. The minimum atomic E-state index is -4.66. The summed E-state index contributed by atoms with van der Waals surface area (Å²) in [6.45, 7) is 3.34. The van der Waals surface area contributed by atoms with Crippen LogP contribution in [0.4, 0.5) is 24.5 Å². The molecular formula is C20H19F3N4O3. The van der Waals surface area contributed by atoms with Crippen LogP contribution in [0.25, 0.3) is 6.08 Å². The van der Waals surface area contributed by atoms with Gasteiger partial charge in [-0.05, 0) is 18.2 Å². The summed E-state index contributed by atoms with van der Waals surface area (Å²) >= 11 is 0. The zero-order chi connectivity index (χ0) is 22.1. The Morgan fingerprint density at radius 1 is 1.40 bits per heavy atom. The van der Waals surface area contributed by atoms with E-state index in [-0.39, 0.29) is 28.5 Å². The van der Waals surface area contributed by atoms with Crippen molar-refractivity contribution in [1.29, 1.82) is 0 Å². The Hall–Kier alpha value is -3.56. The number of ether oxygens (including phenoxy) is 1. The van der Waals surface area contributed by atoms with Gasteiger partial charge in [0, 0.05) is 25.9 Å². The summed E-state index contributed by atoms with van der Waals surface area (Å²) in [4.78, 5) is 30.7. The largest absolute Gasteiger partial charge is 0.489 e. The van der Waals surface area contributed by atoms with Gasteiger partial charge in [-0.3, -0.25) is 19.5 Å². The first kappa shape index (κ1) is 21.2. The van der Waals surface area contributed by atoms with Crippen molar-refractivity contribution in [2.45, 2.75) is 12.3 Å². The Bertz CT molecular complexity index is 994. The van der Waals surface area contributed by atoms with Gasteiger partial charge >= 0.3 is 6.30 Å². The number of pyridine rings is 1. The molecule has 0 fully saturated rings. The van der Waals surface area contributed by atoms with E-state index in [1.807, 2.05) is 0 Å². The number of anilines is 2. The van der Waals surface area contributed by atoms with Crippen molar-refractivity contribution in [1.82, 2.24) is 10.3 Å². The maximum absolute atomic E-state index is 13.1. The summed E-state index contributed by atoms with van der Waals surface area (Å²) in [5, 5.41) is 2.49. The number of para-hydroxylation sites is 2. The van der Waals surface area contributed by atoms with E-state index in [0.717, 1.165) is 19.3 Å². The highest BCUT2D eigenvalue weighted by Crippen LogP contribution is 2.31. The fourth-order valence-electron chi connectivity index (χ4n) is 2.95. The summed E-state index contributed by atoms with van der Waals surface area (Å²) in [7, 11) is 2.38. The summed E-state index contributed by atoms with van der Waals surface area (Å²) in [6, 6.07) is 6.85. The van der Waals surface area contributed by atoms with Crippen molar-refractivity contribution < 1.29 is 27.5 Å². The van der Waals surface area contributed by atoms with E-state index in [9.17, 15) is 22.8 Å². The van der Waals surface area contributed by atoms with Gasteiger partial charge in [0.1, 0.15) is 24.1 Å². The predicted octanol–water partition coefficient (Wildman–Crippen LogP) is 2.83. The smallest absolute Gasteiger partial charge is 0.484 e. The Labute approximate surface area is 170 Å². The number of likely N-dealkylation sites (N-methyl/N-ethyl adjacent to an activating group) is 1. The molecule has 30 heavy (non-hydrogen) atoms. The van der Waals surface area contributed by atoms with E-state index in [2.05, 4.69) is 16.9 Å². The number of hydrogen-bond donors (Lipinski definition) is 1. The first-order valence-corrected chi connectivity index (χ1v) is 8.86. The number of hydrogen-bond acceptors (Lipinski definition) is 5. The van der Waals surface area contributed by atoms with Gasteiger partial charge in [0.05, 0.1) is 11.4 Å². The zero-order valence-electron chi connectivity index (χ0n) is 16.2. The summed E-state index contributed by atoms with van der Waals surface area (Å²) in [5.74, 6) is -0.750. The first-order chi connectivity index (χ1) is 14.1. The molecule has 0 bridgehead atoms. The van der Waals surface area contributed by atoms with Gasteiger partial charge in [-0.1, -0.05) is 24.8 Å². The number of halogens is 3. The van der Waals surface area contributed by atoms with Gasteiger partial charge in [-0.25, -0.2) is 0 Å². The maximum Gasteiger partial charge on any atom is 0.484 e. The highest BCUT2D eigenvalue weighted by molar-refractivity contribution is 6.03. The second kappa shape index (κ2) is 8.05. The van der Waals surface area contributed by atoms with Crippen molar-refractivity contribution in [2.75, 3.05) is 30.5 Å². The van der Waals surface area contributed by atoms with E-state index in [4.69, 9.17) is 4.74 Å². The first-order valence-electron chi connectivity index (χ1n) is 8.86. The third-order valence-corrected chi connectivity index (χ3v) is 4.67. The third kappa shape index (κ3) is 4.07. The predicted molar refractivity (Wildman–Crippen MR) is 105 cm³/mol. The molecule has 0 aliphatic carbocycles. The molecular weight excluding hydrogens is 401 g/mol. The van der Waals surface area contributed by atoms with Crippen LogP contribution in [-0.2, 0) is 4.79 Å². The number of nitrogens with zero attached hydrogens (tertiary/aromatic N) is 3. The highest BCUT2D eigenvalue weighted by atomic mass is 19.4.